The van der Waals surface area contributed by atoms with Crippen LogP contribution in [-0.4, -0.2) is 71.5 Å². The number of amides is 2. The summed E-state index contributed by atoms with van der Waals surface area (Å²) in [5.41, 5.74) is 1.44. The molecule has 0 aliphatic carbocycles. The Labute approximate surface area is 191 Å². The van der Waals surface area contributed by atoms with Gasteiger partial charge in [-0.25, -0.2) is 0 Å². The van der Waals surface area contributed by atoms with Crippen LogP contribution in [0, 0.1) is 17.8 Å². The van der Waals surface area contributed by atoms with Crippen molar-refractivity contribution in [1.29, 1.82) is 0 Å². The highest BCUT2D eigenvalue weighted by Crippen LogP contribution is 2.40. The summed E-state index contributed by atoms with van der Waals surface area (Å²) in [6, 6.07) is 12.1. The maximum Gasteiger partial charge on any atom is 0.290 e. The van der Waals surface area contributed by atoms with Gasteiger partial charge in [0.15, 0.2) is 0 Å². The molecule has 2 bridgehead atoms. The molecule has 3 aliphatic heterocycles. The van der Waals surface area contributed by atoms with Crippen LogP contribution >= 0.6 is 0 Å². The summed E-state index contributed by atoms with van der Waals surface area (Å²) in [5.74, 6) is 1.09. The standard InChI is InChI=1S/C24H35N3O2.CH2O2/c1-17(2)24(29)25-13-23(28)26-14-19-11-20(16-26)22-10-6-9-21(27(22)15-19)12-18-7-4-3-5-8-18;2-1-3/h3-5,7-8,17,19-22H,6,9-16H2,1-2H3,(H,25,29);1H,(H,2,3)/t19-,20+,21+,22-;/m0./s1. The number of carbonyl (C=O) groups excluding carboxylic acids is 2. The number of rotatable bonds is 5. The van der Waals surface area contributed by atoms with Gasteiger partial charge in [0.1, 0.15) is 0 Å². The van der Waals surface area contributed by atoms with E-state index in [0.29, 0.717) is 23.9 Å². The van der Waals surface area contributed by atoms with Crippen LogP contribution < -0.4 is 5.32 Å². The monoisotopic (exact) mass is 443 g/mol. The molecule has 3 saturated heterocycles. The summed E-state index contributed by atoms with van der Waals surface area (Å²) in [5, 5.41) is 9.68. The number of carbonyl (C=O) groups is 3. The van der Waals surface area contributed by atoms with Crippen molar-refractivity contribution in [1.82, 2.24) is 15.1 Å². The van der Waals surface area contributed by atoms with E-state index in [9.17, 15) is 9.59 Å². The average molecular weight is 444 g/mol. The van der Waals surface area contributed by atoms with Gasteiger partial charge in [-0.05, 0) is 43.1 Å². The van der Waals surface area contributed by atoms with Crippen molar-refractivity contribution < 1.29 is 19.5 Å². The van der Waals surface area contributed by atoms with Gasteiger partial charge in [-0.1, -0.05) is 50.6 Å². The Morgan fingerprint density at radius 1 is 1.16 bits per heavy atom. The Balaban J connectivity index is 0.000000913. The molecular weight excluding hydrogens is 406 g/mol. The van der Waals surface area contributed by atoms with Crippen LogP contribution in [0.25, 0.3) is 0 Å². The van der Waals surface area contributed by atoms with E-state index < -0.39 is 0 Å². The zero-order valence-electron chi connectivity index (χ0n) is 19.3. The van der Waals surface area contributed by atoms with Gasteiger partial charge in [0.25, 0.3) is 6.47 Å². The van der Waals surface area contributed by atoms with Crippen LogP contribution in [0.3, 0.4) is 0 Å². The lowest BCUT2D eigenvalue weighted by atomic mass is 9.74. The molecule has 4 atom stereocenters. The first-order valence-corrected chi connectivity index (χ1v) is 11.9. The summed E-state index contributed by atoms with van der Waals surface area (Å²) in [6.07, 6.45) is 6.23. The van der Waals surface area contributed by atoms with Gasteiger partial charge < -0.3 is 15.3 Å². The summed E-state index contributed by atoms with van der Waals surface area (Å²) in [4.78, 5) is 37.7. The smallest absolute Gasteiger partial charge is 0.290 e. The number of hydrogen-bond acceptors (Lipinski definition) is 4. The van der Waals surface area contributed by atoms with Gasteiger partial charge in [-0.15, -0.1) is 0 Å². The number of carboxylic acid groups (broad SMARTS) is 1. The quantitative estimate of drug-likeness (QED) is 0.682. The normalized spacial score (nSPS) is 27.0. The average Bonchev–Trinajstić information content (AvgIpc) is 2.79. The van der Waals surface area contributed by atoms with Crippen molar-refractivity contribution in [3.05, 3.63) is 35.9 Å². The minimum Gasteiger partial charge on any atom is -0.483 e. The zero-order chi connectivity index (χ0) is 23.1. The molecule has 7 heteroatoms. The summed E-state index contributed by atoms with van der Waals surface area (Å²) in [7, 11) is 0. The largest absolute Gasteiger partial charge is 0.483 e. The molecule has 4 rings (SSSR count). The number of piperidine rings is 3. The topological polar surface area (TPSA) is 90.0 Å². The van der Waals surface area contributed by atoms with E-state index in [1.807, 2.05) is 18.7 Å². The molecule has 1 aromatic carbocycles. The lowest BCUT2D eigenvalue weighted by molar-refractivity contribution is -0.139. The van der Waals surface area contributed by atoms with E-state index in [-0.39, 0.29) is 30.7 Å². The molecule has 176 valence electrons. The number of fused-ring (bicyclic) bond motifs is 4. The maximum atomic E-state index is 12.7. The van der Waals surface area contributed by atoms with Crippen molar-refractivity contribution in [2.45, 2.75) is 58.0 Å². The van der Waals surface area contributed by atoms with Crippen molar-refractivity contribution in [3.63, 3.8) is 0 Å². The second kappa shape index (κ2) is 11.5. The molecule has 1 aromatic rings. The predicted molar refractivity (Wildman–Crippen MR) is 123 cm³/mol. The molecule has 2 N–H and O–H groups in total. The second-order valence-corrected chi connectivity index (χ2v) is 9.68. The Morgan fingerprint density at radius 2 is 1.88 bits per heavy atom. The fourth-order valence-corrected chi connectivity index (χ4v) is 5.70. The summed E-state index contributed by atoms with van der Waals surface area (Å²) >= 11 is 0. The molecule has 7 nitrogen and oxygen atoms in total. The van der Waals surface area contributed by atoms with Crippen LogP contribution in [0.1, 0.15) is 45.1 Å². The van der Waals surface area contributed by atoms with Gasteiger partial charge in [0, 0.05) is 37.6 Å². The fraction of sp³-hybridized carbons (Fsp3) is 0.640. The fourth-order valence-electron chi connectivity index (χ4n) is 5.70. The first-order valence-electron chi connectivity index (χ1n) is 11.9. The van der Waals surface area contributed by atoms with Crippen LogP contribution in [0.15, 0.2) is 30.3 Å². The number of hydrogen-bond donors (Lipinski definition) is 2. The Morgan fingerprint density at radius 3 is 2.56 bits per heavy atom. The molecule has 0 radical (unpaired) electrons. The van der Waals surface area contributed by atoms with Crippen LogP contribution in [0.5, 0.6) is 0 Å². The van der Waals surface area contributed by atoms with Crippen LogP contribution in [0.2, 0.25) is 0 Å². The van der Waals surface area contributed by atoms with Gasteiger partial charge in [0.05, 0.1) is 6.54 Å². The van der Waals surface area contributed by atoms with Gasteiger partial charge in [-0.3, -0.25) is 19.3 Å². The molecule has 0 unspecified atom stereocenters. The van der Waals surface area contributed by atoms with Crippen LogP contribution in [0.4, 0.5) is 0 Å². The molecule has 3 heterocycles. The van der Waals surface area contributed by atoms with Gasteiger partial charge in [-0.2, -0.15) is 0 Å². The predicted octanol–water partition coefficient (Wildman–Crippen LogP) is 2.40. The van der Waals surface area contributed by atoms with Gasteiger partial charge in [0.2, 0.25) is 11.8 Å². The first-order chi connectivity index (χ1) is 15.4. The van der Waals surface area contributed by atoms with E-state index in [4.69, 9.17) is 9.90 Å². The third-order valence-electron chi connectivity index (χ3n) is 7.12. The van der Waals surface area contributed by atoms with E-state index >= 15 is 0 Å². The third kappa shape index (κ3) is 6.09. The molecule has 3 fully saturated rings. The van der Waals surface area contributed by atoms with Crippen molar-refractivity contribution in [2.24, 2.45) is 17.8 Å². The molecule has 2 amide bonds. The second-order valence-electron chi connectivity index (χ2n) is 9.68. The Hall–Kier alpha value is -2.41. The number of likely N-dealkylation sites (tertiary alicyclic amines) is 1. The van der Waals surface area contributed by atoms with Crippen LogP contribution in [-0.2, 0) is 20.8 Å². The molecular formula is C25H37N3O4. The molecule has 0 aromatic heterocycles. The molecule has 0 spiro atoms. The van der Waals surface area contributed by atoms with E-state index in [1.165, 1.54) is 31.2 Å². The number of benzene rings is 1. The SMILES string of the molecule is CC(C)C(=O)NCC(=O)N1C[C@@H]2C[C@H](C1)[C@@H]1CCC[C@H](Cc3ccccc3)N1C2.O=CO. The van der Waals surface area contributed by atoms with Crippen molar-refractivity contribution >= 4 is 18.3 Å². The summed E-state index contributed by atoms with van der Waals surface area (Å²) < 4.78 is 0. The van der Waals surface area contributed by atoms with Gasteiger partial charge >= 0.3 is 0 Å². The summed E-state index contributed by atoms with van der Waals surface area (Å²) in [6.45, 7) is 6.41. The lowest BCUT2D eigenvalue weighted by Gasteiger charge is -2.55. The number of nitrogens with zero attached hydrogens (tertiary/aromatic N) is 2. The minimum absolute atomic E-state index is 0.0437. The van der Waals surface area contributed by atoms with Crippen molar-refractivity contribution in [3.8, 4) is 0 Å². The minimum atomic E-state index is -0.250. The highest BCUT2D eigenvalue weighted by Gasteiger charge is 2.45. The molecule has 0 saturated carbocycles. The zero-order valence-corrected chi connectivity index (χ0v) is 19.3. The molecule has 32 heavy (non-hydrogen) atoms. The van der Waals surface area contributed by atoms with E-state index in [0.717, 1.165) is 26.1 Å². The third-order valence-corrected chi connectivity index (χ3v) is 7.12. The maximum absolute atomic E-state index is 12.7. The van der Waals surface area contributed by atoms with E-state index in [2.05, 4.69) is 40.5 Å². The lowest BCUT2D eigenvalue weighted by Crippen LogP contribution is -2.63. The highest BCUT2D eigenvalue weighted by atomic mass is 16.3. The Bertz CT molecular complexity index is 770. The number of nitrogens with one attached hydrogen (secondary N) is 1. The van der Waals surface area contributed by atoms with E-state index in [1.54, 1.807) is 0 Å². The highest BCUT2D eigenvalue weighted by molar-refractivity contribution is 5.85. The van der Waals surface area contributed by atoms with Crippen molar-refractivity contribution in [2.75, 3.05) is 26.2 Å². The Kier molecular flexibility index (Phi) is 8.67. The first kappa shape index (κ1) is 24.2. The molecule has 3 aliphatic rings.